The van der Waals surface area contributed by atoms with Gasteiger partial charge in [0.05, 0.1) is 11.1 Å². The van der Waals surface area contributed by atoms with E-state index in [0.717, 1.165) is 15.5 Å². The largest absolute Gasteiger partial charge is 0.300 e. The third-order valence-corrected chi connectivity index (χ3v) is 7.07. The van der Waals surface area contributed by atoms with Crippen molar-refractivity contribution >= 4 is 34.2 Å². The van der Waals surface area contributed by atoms with Crippen LogP contribution in [-0.2, 0) is 14.4 Å². The fourth-order valence-corrected chi connectivity index (χ4v) is 4.71. The summed E-state index contributed by atoms with van der Waals surface area (Å²) in [6.45, 7) is 9.45. The predicted octanol–water partition coefficient (Wildman–Crippen LogP) is 2.51. The molecule has 6 nitrogen and oxygen atoms in total. The van der Waals surface area contributed by atoms with Crippen LogP contribution in [0, 0.1) is 30.6 Å². The number of amides is 3. The highest BCUT2D eigenvalue weighted by atomic mass is 32.1. The quantitative estimate of drug-likeness (QED) is 0.851. The lowest BCUT2D eigenvalue weighted by atomic mass is 9.62. The molecule has 0 spiro atoms. The fraction of sp³-hybridized carbons (Fsp3) is 0.647. The number of piperidine rings is 1. The van der Waals surface area contributed by atoms with Crippen LogP contribution in [0.5, 0.6) is 0 Å². The molecule has 3 amide bonds. The van der Waals surface area contributed by atoms with Gasteiger partial charge in [-0.2, -0.15) is 0 Å². The number of nitrogens with zero attached hydrogens (tertiary/aromatic N) is 2. The second-order valence-corrected chi connectivity index (χ2v) is 8.79. The van der Waals surface area contributed by atoms with Gasteiger partial charge in [-0.1, -0.05) is 20.8 Å². The summed E-state index contributed by atoms with van der Waals surface area (Å²) in [6, 6.07) is 0. The van der Waals surface area contributed by atoms with Crippen LogP contribution < -0.4 is 5.32 Å². The van der Waals surface area contributed by atoms with Crippen molar-refractivity contribution in [3.63, 3.8) is 0 Å². The lowest BCUT2D eigenvalue weighted by Crippen LogP contribution is -2.60. The van der Waals surface area contributed by atoms with Gasteiger partial charge in [0, 0.05) is 10.8 Å². The average molecular weight is 349 g/mol. The monoisotopic (exact) mass is 349 g/mol. The molecule has 1 saturated carbocycles. The van der Waals surface area contributed by atoms with Gasteiger partial charge in [0.1, 0.15) is 6.54 Å². The number of hydrogen-bond donors (Lipinski definition) is 1. The Kier molecular flexibility index (Phi) is 3.82. The summed E-state index contributed by atoms with van der Waals surface area (Å²) < 4.78 is 0. The van der Waals surface area contributed by atoms with Crippen LogP contribution >= 0.6 is 11.3 Å². The van der Waals surface area contributed by atoms with E-state index in [9.17, 15) is 14.4 Å². The van der Waals surface area contributed by atoms with Gasteiger partial charge in [0.2, 0.25) is 17.7 Å². The number of hydrogen-bond acceptors (Lipinski definition) is 5. The molecule has 2 unspecified atom stereocenters. The Hall–Kier alpha value is -1.76. The van der Waals surface area contributed by atoms with E-state index in [1.807, 2.05) is 34.6 Å². The maximum atomic E-state index is 12.9. The SMILES string of the molecule is Cc1nc(NC(=O)CN2C(=O)C3CCC(C)(C2=O)C3(C)C)sc1C. The van der Waals surface area contributed by atoms with E-state index in [1.54, 1.807) is 0 Å². The van der Waals surface area contributed by atoms with Crippen LogP contribution in [0.1, 0.15) is 44.2 Å². The summed E-state index contributed by atoms with van der Waals surface area (Å²) in [5, 5.41) is 3.20. The van der Waals surface area contributed by atoms with Crippen molar-refractivity contribution < 1.29 is 14.4 Å². The molecule has 2 heterocycles. The highest BCUT2D eigenvalue weighted by Crippen LogP contribution is 2.59. The number of imide groups is 1. The molecule has 1 aromatic rings. The van der Waals surface area contributed by atoms with E-state index in [1.165, 1.54) is 11.3 Å². The van der Waals surface area contributed by atoms with Crippen molar-refractivity contribution in [2.24, 2.45) is 16.7 Å². The molecule has 2 atom stereocenters. The average Bonchev–Trinajstić information content (AvgIpc) is 2.89. The van der Waals surface area contributed by atoms with E-state index in [-0.39, 0.29) is 35.6 Å². The molecule has 1 aromatic heterocycles. The predicted molar refractivity (Wildman–Crippen MR) is 91.5 cm³/mol. The van der Waals surface area contributed by atoms with Gasteiger partial charge in [0.15, 0.2) is 5.13 Å². The van der Waals surface area contributed by atoms with Gasteiger partial charge in [-0.3, -0.25) is 19.3 Å². The van der Waals surface area contributed by atoms with Crippen LogP contribution in [0.4, 0.5) is 5.13 Å². The van der Waals surface area contributed by atoms with Crippen molar-refractivity contribution in [2.75, 3.05) is 11.9 Å². The number of anilines is 1. The van der Waals surface area contributed by atoms with Crippen molar-refractivity contribution in [3.8, 4) is 0 Å². The van der Waals surface area contributed by atoms with Gasteiger partial charge in [-0.25, -0.2) is 4.98 Å². The van der Waals surface area contributed by atoms with Gasteiger partial charge in [0.25, 0.3) is 0 Å². The minimum Gasteiger partial charge on any atom is -0.300 e. The zero-order chi connectivity index (χ0) is 17.9. The molecule has 130 valence electrons. The zero-order valence-electron chi connectivity index (χ0n) is 14.7. The molecule has 3 rings (SSSR count). The van der Waals surface area contributed by atoms with Crippen molar-refractivity contribution in [2.45, 2.75) is 47.5 Å². The van der Waals surface area contributed by atoms with E-state index in [4.69, 9.17) is 0 Å². The Morgan fingerprint density at radius 2 is 2.00 bits per heavy atom. The molecule has 2 fully saturated rings. The minimum absolute atomic E-state index is 0.197. The second-order valence-electron chi connectivity index (χ2n) is 7.58. The normalized spacial score (nSPS) is 28.4. The van der Waals surface area contributed by atoms with E-state index in [2.05, 4.69) is 10.3 Å². The first-order chi connectivity index (χ1) is 11.1. The van der Waals surface area contributed by atoms with Crippen LogP contribution in [0.2, 0.25) is 0 Å². The fourth-order valence-electron chi connectivity index (χ4n) is 3.88. The molecule has 1 saturated heterocycles. The van der Waals surface area contributed by atoms with Crippen LogP contribution in [0.3, 0.4) is 0 Å². The maximum Gasteiger partial charge on any atom is 0.246 e. The highest BCUT2D eigenvalue weighted by Gasteiger charge is 2.64. The maximum absolute atomic E-state index is 12.9. The first-order valence-electron chi connectivity index (χ1n) is 8.17. The van der Waals surface area contributed by atoms with Gasteiger partial charge >= 0.3 is 0 Å². The third kappa shape index (κ3) is 2.29. The topological polar surface area (TPSA) is 79.4 Å². The number of rotatable bonds is 3. The van der Waals surface area contributed by atoms with E-state index in [0.29, 0.717) is 18.0 Å². The van der Waals surface area contributed by atoms with E-state index < -0.39 is 5.41 Å². The molecule has 2 bridgehead atoms. The second kappa shape index (κ2) is 5.37. The van der Waals surface area contributed by atoms with Gasteiger partial charge < -0.3 is 5.32 Å². The summed E-state index contributed by atoms with van der Waals surface area (Å²) in [6.07, 6.45) is 1.40. The number of carbonyl (C=O) groups is 3. The van der Waals surface area contributed by atoms with E-state index >= 15 is 0 Å². The Morgan fingerprint density at radius 3 is 2.58 bits per heavy atom. The third-order valence-electron chi connectivity index (χ3n) is 6.08. The summed E-state index contributed by atoms with van der Waals surface area (Å²) >= 11 is 1.39. The molecule has 0 radical (unpaired) electrons. The van der Waals surface area contributed by atoms with Crippen molar-refractivity contribution in [3.05, 3.63) is 10.6 Å². The zero-order valence-corrected chi connectivity index (χ0v) is 15.5. The molecule has 1 aliphatic carbocycles. The van der Waals surface area contributed by atoms with Crippen LogP contribution in [-0.4, -0.2) is 34.2 Å². The molecule has 2 aliphatic rings. The van der Waals surface area contributed by atoms with Gasteiger partial charge in [-0.05, 0) is 32.1 Å². The number of likely N-dealkylation sites (tertiary alicyclic amines) is 1. The first kappa shape index (κ1) is 17.1. The number of carbonyl (C=O) groups excluding carboxylic acids is 3. The number of thiazole rings is 1. The Balaban J connectivity index is 1.77. The lowest BCUT2D eigenvalue weighted by molar-refractivity contribution is -0.168. The summed E-state index contributed by atoms with van der Waals surface area (Å²) in [4.78, 5) is 44.3. The van der Waals surface area contributed by atoms with Crippen LogP contribution in [0.15, 0.2) is 0 Å². The number of aromatic nitrogens is 1. The number of aryl methyl sites for hydroxylation is 2. The summed E-state index contributed by atoms with van der Waals surface area (Å²) in [5.41, 5.74) is -0.0783. The first-order valence-corrected chi connectivity index (χ1v) is 8.99. The summed E-state index contributed by atoms with van der Waals surface area (Å²) in [5.74, 6) is -1.03. The molecule has 1 aliphatic heterocycles. The Labute approximate surface area is 145 Å². The molecule has 1 N–H and O–H groups in total. The number of fused-ring (bicyclic) bond motifs is 2. The Bertz CT molecular complexity index is 720. The molecule has 24 heavy (non-hydrogen) atoms. The smallest absolute Gasteiger partial charge is 0.246 e. The van der Waals surface area contributed by atoms with Crippen molar-refractivity contribution in [1.29, 1.82) is 0 Å². The lowest BCUT2D eigenvalue weighted by Gasteiger charge is -2.47. The summed E-state index contributed by atoms with van der Waals surface area (Å²) in [7, 11) is 0. The molecular weight excluding hydrogens is 326 g/mol. The van der Waals surface area contributed by atoms with Gasteiger partial charge in [-0.15, -0.1) is 11.3 Å². The number of nitrogens with one attached hydrogen (secondary N) is 1. The standard InChI is InChI=1S/C17H23N3O3S/c1-9-10(2)24-15(18-9)19-12(21)8-20-13(22)11-6-7-17(5,14(20)23)16(11,3)4/h11H,6-8H2,1-5H3,(H,18,19,21). The minimum atomic E-state index is -0.583. The Morgan fingerprint density at radius 1 is 1.33 bits per heavy atom. The molecular formula is C17H23N3O3S. The van der Waals surface area contributed by atoms with Crippen molar-refractivity contribution in [1.82, 2.24) is 9.88 Å². The molecule has 7 heteroatoms. The highest BCUT2D eigenvalue weighted by molar-refractivity contribution is 7.15. The molecule has 0 aromatic carbocycles. The van der Waals surface area contributed by atoms with Crippen LogP contribution in [0.25, 0.3) is 0 Å².